The highest BCUT2D eigenvalue weighted by Crippen LogP contribution is 2.20. The second-order valence-corrected chi connectivity index (χ2v) is 6.14. The Morgan fingerprint density at radius 2 is 1.83 bits per heavy atom. The van der Waals surface area contributed by atoms with E-state index in [1.54, 1.807) is 19.2 Å². The van der Waals surface area contributed by atoms with Crippen LogP contribution in [0.1, 0.15) is 17.3 Å². The molecule has 2 aromatic carbocycles. The van der Waals surface area contributed by atoms with E-state index in [9.17, 15) is 4.79 Å². The van der Waals surface area contributed by atoms with E-state index < -0.39 is 5.97 Å². The molecular formula is C21H17N5O3. The molecule has 144 valence electrons. The van der Waals surface area contributed by atoms with Crippen molar-refractivity contribution in [3.05, 3.63) is 84.1 Å². The summed E-state index contributed by atoms with van der Waals surface area (Å²) in [6.07, 6.45) is 3.27. The number of oxazole rings is 1. The molecule has 0 saturated heterocycles. The molecule has 29 heavy (non-hydrogen) atoms. The third-order valence-electron chi connectivity index (χ3n) is 4.10. The van der Waals surface area contributed by atoms with Crippen molar-refractivity contribution in [2.45, 2.75) is 13.5 Å². The van der Waals surface area contributed by atoms with E-state index in [4.69, 9.17) is 9.15 Å². The van der Waals surface area contributed by atoms with Crippen molar-refractivity contribution >= 4 is 17.7 Å². The maximum atomic E-state index is 12.8. The van der Waals surface area contributed by atoms with E-state index in [0.29, 0.717) is 17.5 Å². The Balaban J connectivity index is 1.53. The van der Waals surface area contributed by atoms with Gasteiger partial charge in [0.1, 0.15) is 0 Å². The predicted molar refractivity (Wildman–Crippen MR) is 105 cm³/mol. The van der Waals surface area contributed by atoms with Crippen LogP contribution in [-0.2, 0) is 16.1 Å². The van der Waals surface area contributed by atoms with Gasteiger partial charge in [-0.05, 0) is 29.0 Å². The van der Waals surface area contributed by atoms with Gasteiger partial charge in [-0.25, -0.2) is 9.78 Å². The monoisotopic (exact) mass is 387 g/mol. The molecule has 0 atom stereocenters. The van der Waals surface area contributed by atoms with Crippen LogP contribution in [0.3, 0.4) is 0 Å². The lowest BCUT2D eigenvalue weighted by atomic mass is 10.2. The molecule has 8 heteroatoms. The van der Waals surface area contributed by atoms with Gasteiger partial charge >= 0.3 is 5.97 Å². The highest BCUT2D eigenvalue weighted by molar-refractivity contribution is 6.15. The van der Waals surface area contributed by atoms with Crippen LogP contribution < -0.4 is 0 Å². The molecule has 4 rings (SSSR count). The summed E-state index contributed by atoms with van der Waals surface area (Å²) in [4.78, 5) is 16.9. The molecule has 4 aromatic rings. The van der Waals surface area contributed by atoms with Gasteiger partial charge in [-0.1, -0.05) is 60.7 Å². The van der Waals surface area contributed by atoms with Crippen LogP contribution in [0.2, 0.25) is 0 Å². The fourth-order valence-corrected chi connectivity index (χ4v) is 2.68. The number of hydrogen-bond acceptors (Lipinski definition) is 7. The maximum Gasteiger partial charge on any atom is 0.357 e. The van der Waals surface area contributed by atoms with Crippen LogP contribution in [0.5, 0.6) is 0 Å². The van der Waals surface area contributed by atoms with Crippen molar-refractivity contribution in [2.24, 2.45) is 0 Å². The zero-order valence-electron chi connectivity index (χ0n) is 15.6. The second-order valence-electron chi connectivity index (χ2n) is 6.14. The summed E-state index contributed by atoms with van der Waals surface area (Å²) in [5.74, 6) is 0.771. The number of carbonyl (C=O) groups excluding carboxylic acids is 1. The van der Waals surface area contributed by atoms with E-state index >= 15 is 0 Å². The number of tetrazole rings is 1. The Kier molecular flexibility index (Phi) is 5.24. The molecule has 0 N–H and O–H groups in total. The molecule has 0 fully saturated rings. The van der Waals surface area contributed by atoms with Gasteiger partial charge in [0.2, 0.25) is 5.89 Å². The lowest BCUT2D eigenvalue weighted by molar-refractivity contribution is -0.139. The smallest absolute Gasteiger partial charge is 0.357 e. The van der Waals surface area contributed by atoms with Crippen LogP contribution >= 0.6 is 0 Å². The lowest BCUT2D eigenvalue weighted by Crippen LogP contribution is -2.15. The van der Waals surface area contributed by atoms with Crippen molar-refractivity contribution in [3.8, 4) is 11.3 Å². The number of esters is 1. The summed E-state index contributed by atoms with van der Waals surface area (Å²) in [6, 6.07) is 18.9. The van der Waals surface area contributed by atoms with Crippen LogP contribution in [0.25, 0.3) is 23.1 Å². The van der Waals surface area contributed by atoms with Crippen molar-refractivity contribution < 1.29 is 13.9 Å². The minimum absolute atomic E-state index is 0.112. The Labute approximate surface area is 166 Å². The standard InChI is InChI=1S/C21H17N5O3/c1-15-23-24-25-26(15)18(12-16-8-4-2-5-9-16)21(27)28-14-20-22-13-19(29-20)17-10-6-3-7-11-17/h2-13H,14H2,1H3/b18-12-. The van der Waals surface area contributed by atoms with Gasteiger partial charge in [-0.15, -0.1) is 5.10 Å². The highest BCUT2D eigenvalue weighted by atomic mass is 16.5. The van der Waals surface area contributed by atoms with Crippen molar-refractivity contribution in [3.63, 3.8) is 0 Å². The minimum atomic E-state index is -0.594. The largest absolute Gasteiger partial charge is 0.451 e. The number of ether oxygens (including phenoxy) is 1. The minimum Gasteiger partial charge on any atom is -0.451 e. The SMILES string of the molecule is Cc1nnnn1/C(=C\c1ccccc1)C(=O)OCc1ncc(-c2ccccc2)o1. The summed E-state index contributed by atoms with van der Waals surface area (Å²) in [7, 11) is 0. The third kappa shape index (κ3) is 4.27. The van der Waals surface area contributed by atoms with Gasteiger partial charge in [0, 0.05) is 5.56 Å². The fourth-order valence-electron chi connectivity index (χ4n) is 2.68. The summed E-state index contributed by atoms with van der Waals surface area (Å²) in [5, 5.41) is 11.3. The van der Waals surface area contributed by atoms with E-state index in [-0.39, 0.29) is 12.3 Å². The first-order valence-electron chi connectivity index (χ1n) is 8.90. The number of aromatic nitrogens is 5. The molecule has 0 saturated carbocycles. The molecule has 2 aromatic heterocycles. The number of benzene rings is 2. The first kappa shape index (κ1) is 18.3. The number of nitrogens with zero attached hydrogens (tertiary/aromatic N) is 5. The number of aryl methyl sites for hydroxylation is 1. The van der Waals surface area contributed by atoms with Gasteiger partial charge < -0.3 is 9.15 Å². The van der Waals surface area contributed by atoms with Gasteiger partial charge in [0.05, 0.1) is 6.20 Å². The Morgan fingerprint density at radius 1 is 1.10 bits per heavy atom. The molecule has 0 radical (unpaired) electrons. The van der Waals surface area contributed by atoms with Gasteiger partial charge in [0.25, 0.3) is 0 Å². The average molecular weight is 387 g/mol. The lowest BCUT2D eigenvalue weighted by Gasteiger charge is -2.08. The normalized spacial score (nSPS) is 11.4. The Morgan fingerprint density at radius 3 is 2.52 bits per heavy atom. The number of hydrogen-bond donors (Lipinski definition) is 0. The molecular weight excluding hydrogens is 370 g/mol. The summed E-state index contributed by atoms with van der Waals surface area (Å²) >= 11 is 0. The van der Waals surface area contributed by atoms with Crippen LogP contribution in [0, 0.1) is 6.92 Å². The van der Waals surface area contributed by atoms with Crippen LogP contribution in [-0.4, -0.2) is 31.2 Å². The number of carbonyl (C=O) groups is 1. The predicted octanol–water partition coefficient (Wildman–Crippen LogP) is 3.38. The van der Waals surface area contributed by atoms with E-state index in [0.717, 1.165) is 11.1 Å². The molecule has 8 nitrogen and oxygen atoms in total. The topological polar surface area (TPSA) is 95.9 Å². The first-order valence-corrected chi connectivity index (χ1v) is 8.90. The first-order chi connectivity index (χ1) is 14.2. The van der Waals surface area contributed by atoms with Crippen molar-refractivity contribution in [2.75, 3.05) is 0 Å². The summed E-state index contributed by atoms with van der Waals surface area (Å²) in [6.45, 7) is 1.59. The summed E-state index contributed by atoms with van der Waals surface area (Å²) in [5.41, 5.74) is 1.90. The third-order valence-corrected chi connectivity index (χ3v) is 4.10. The quantitative estimate of drug-likeness (QED) is 0.370. The van der Waals surface area contributed by atoms with E-state index in [2.05, 4.69) is 20.5 Å². The summed E-state index contributed by atoms with van der Waals surface area (Å²) < 4.78 is 12.4. The number of rotatable bonds is 6. The Bertz CT molecular complexity index is 1130. The van der Waals surface area contributed by atoms with Gasteiger partial charge in [-0.2, -0.15) is 4.68 Å². The van der Waals surface area contributed by atoms with E-state index in [1.165, 1.54) is 4.68 Å². The molecule has 0 aliphatic heterocycles. The fraction of sp³-hybridized carbons (Fsp3) is 0.0952. The molecule has 0 bridgehead atoms. The van der Waals surface area contributed by atoms with Gasteiger partial charge in [0.15, 0.2) is 23.9 Å². The molecule has 0 unspecified atom stereocenters. The maximum absolute atomic E-state index is 12.8. The van der Waals surface area contributed by atoms with Crippen molar-refractivity contribution in [1.82, 2.24) is 25.2 Å². The molecule has 0 aliphatic rings. The van der Waals surface area contributed by atoms with E-state index in [1.807, 2.05) is 60.7 Å². The zero-order valence-corrected chi connectivity index (χ0v) is 15.6. The van der Waals surface area contributed by atoms with Crippen LogP contribution in [0.4, 0.5) is 0 Å². The molecule has 0 aliphatic carbocycles. The highest BCUT2D eigenvalue weighted by Gasteiger charge is 2.19. The van der Waals surface area contributed by atoms with Gasteiger partial charge in [-0.3, -0.25) is 0 Å². The molecule has 2 heterocycles. The van der Waals surface area contributed by atoms with Crippen LogP contribution in [0.15, 0.2) is 71.3 Å². The average Bonchev–Trinajstić information content (AvgIpc) is 3.41. The molecule has 0 amide bonds. The molecule has 0 spiro atoms. The second kappa shape index (κ2) is 8.30. The Hall–Kier alpha value is -4.07. The van der Waals surface area contributed by atoms with Crippen molar-refractivity contribution in [1.29, 1.82) is 0 Å². The zero-order chi connectivity index (χ0) is 20.1.